The van der Waals surface area contributed by atoms with Gasteiger partial charge in [-0.3, -0.25) is 0 Å². The minimum atomic E-state index is 1.07. The summed E-state index contributed by atoms with van der Waals surface area (Å²) in [5.41, 5.74) is 10.3. The summed E-state index contributed by atoms with van der Waals surface area (Å²) in [6.45, 7) is 13.0. The summed E-state index contributed by atoms with van der Waals surface area (Å²) in [6, 6.07) is 9.04. The fraction of sp³-hybridized carbons (Fsp3) is 0.286. The molecule has 0 aliphatic rings. The molecule has 0 amide bonds. The molecule has 0 atom stereocenters. The van der Waals surface area contributed by atoms with E-state index in [1.54, 1.807) is 0 Å². The van der Waals surface area contributed by atoms with Crippen LogP contribution < -0.4 is 0 Å². The fourth-order valence-corrected chi connectivity index (χ4v) is 3.72. The van der Waals surface area contributed by atoms with E-state index in [1.807, 2.05) is 0 Å². The van der Waals surface area contributed by atoms with E-state index >= 15 is 0 Å². The van der Waals surface area contributed by atoms with Crippen molar-refractivity contribution < 1.29 is 18.7 Å². The zero-order chi connectivity index (χ0) is 17.6. The summed E-state index contributed by atoms with van der Waals surface area (Å²) in [7, 11) is 0. The molecule has 0 aliphatic heterocycles. The Morgan fingerprint density at radius 3 is 1.25 bits per heavy atom. The molecule has 0 saturated heterocycles. The summed E-state index contributed by atoms with van der Waals surface area (Å²) in [4.78, 5) is 0. The molecule has 2 aromatic carbocycles. The zero-order valence-electron chi connectivity index (χ0n) is 15.2. The average Bonchev–Trinajstić information content (AvgIpc) is 2.88. The van der Waals surface area contributed by atoms with E-state index < -0.39 is 0 Å². The van der Waals surface area contributed by atoms with E-state index in [0.29, 0.717) is 0 Å². The number of imidazole rings is 1. The monoisotopic (exact) mass is 410 g/mol. The van der Waals surface area contributed by atoms with E-state index in [-0.39, 0.29) is 0 Å². The van der Waals surface area contributed by atoms with Crippen LogP contribution in [0.3, 0.4) is 0 Å². The standard InChI is InChI=1S/C21H24N2.Pd/c1-14-9-18(5)20(11-16(14)3)22-7-8-23(13-22)21-12-17(4)15(2)10-19(21)6;/h7-12H,1-6H3;. The topological polar surface area (TPSA) is 9.86 Å². The molecular formula is C21H24N2Pd. The van der Waals surface area contributed by atoms with Gasteiger partial charge in [-0.2, -0.15) is 0 Å². The molecular weight excluding hydrogens is 387 g/mol. The van der Waals surface area contributed by atoms with Crippen LogP contribution in [0.25, 0.3) is 11.4 Å². The molecule has 3 heteroatoms. The van der Waals surface area contributed by atoms with E-state index in [0.717, 1.165) is 3.89 Å². The van der Waals surface area contributed by atoms with Gasteiger partial charge in [-0.1, -0.05) is 0 Å². The molecule has 24 heavy (non-hydrogen) atoms. The van der Waals surface area contributed by atoms with Crippen LogP contribution in [0.15, 0.2) is 36.7 Å². The Morgan fingerprint density at radius 1 is 0.542 bits per heavy atom. The van der Waals surface area contributed by atoms with Crippen LogP contribution in [0.2, 0.25) is 0 Å². The van der Waals surface area contributed by atoms with Gasteiger partial charge in [0, 0.05) is 0 Å². The number of aryl methyl sites for hydroxylation is 6. The predicted octanol–water partition coefficient (Wildman–Crippen LogP) is 5.20. The third-order valence-electron chi connectivity index (χ3n) is 4.88. The number of aromatic nitrogens is 2. The second-order valence-electron chi connectivity index (χ2n) is 6.73. The molecule has 0 spiro atoms. The molecule has 0 saturated carbocycles. The maximum absolute atomic E-state index is 3.48. The van der Waals surface area contributed by atoms with Crippen molar-refractivity contribution in [1.82, 2.24) is 9.13 Å². The van der Waals surface area contributed by atoms with Gasteiger partial charge in [-0.25, -0.2) is 0 Å². The van der Waals surface area contributed by atoms with E-state index in [2.05, 4.69) is 106 Å². The van der Waals surface area contributed by atoms with Crippen molar-refractivity contribution in [3.8, 4) is 11.4 Å². The van der Waals surface area contributed by atoms with Crippen molar-refractivity contribution >= 4 is 0 Å². The van der Waals surface area contributed by atoms with Gasteiger partial charge in [0.1, 0.15) is 0 Å². The Hall–Kier alpha value is -1.69. The van der Waals surface area contributed by atoms with Gasteiger partial charge < -0.3 is 0 Å². The van der Waals surface area contributed by atoms with Crippen LogP contribution in [0, 0.1) is 45.4 Å². The first-order valence-electron chi connectivity index (χ1n) is 8.21. The van der Waals surface area contributed by atoms with Crippen LogP contribution in [0.4, 0.5) is 0 Å². The van der Waals surface area contributed by atoms with Gasteiger partial charge in [-0.05, 0) is 0 Å². The van der Waals surface area contributed by atoms with Gasteiger partial charge in [0.25, 0.3) is 0 Å². The Bertz CT molecular complexity index is 912. The van der Waals surface area contributed by atoms with Crippen LogP contribution in [-0.2, 0) is 18.7 Å². The average molecular weight is 411 g/mol. The first-order valence-corrected chi connectivity index (χ1v) is 8.99. The van der Waals surface area contributed by atoms with Crippen molar-refractivity contribution in [2.24, 2.45) is 0 Å². The summed E-state index contributed by atoms with van der Waals surface area (Å²) in [6.07, 6.45) is 4.26. The fourth-order valence-electron chi connectivity index (χ4n) is 3.12. The van der Waals surface area contributed by atoms with E-state index in [4.69, 9.17) is 0 Å². The maximum atomic E-state index is 3.48. The molecule has 3 rings (SSSR count). The minimum absolute atomic E-state index is 1.07. The van der Waals surface area contributed by atoms with Gasteiger partial charge >= 0.3 is 155 Å². The molecule has 1 aromatic heterocycles. The Morgan fingerprint density at radius 2 is 0.875 bits per heavy atom. The SMILES string of the molecule is Cc1cc(C)c(-n2ccn(-c3cc(C)c(C)cc3C)[c]2=[Pd])cc1C. The van der Waals surface area contributed by atoms with Crippen molar-refractivity contribution in [2.45, 2.75) is 41.5 Å². The summed E-state index contributed by atoms with van der Waals surface area (Å²) >= 11 is 3.48. The molecule has 1 heterocycles. The Labute approximate surface area is 154 Å². The third kappa shape index (κ3) is 2.88. The van der Waals surface area contributed by atoms with Crippen LogP contribution >= 0.6 is 0 Å². The van der Waals surface area contributed by atoms with Crippen LogP contribution in [0.5, 0.6) is 0 Å². The van der Waals surface area contributed by atoms with Crippen molar-refractivity contribution in [3.63, 3.8) is 0 Å². The second-order valence-corrected chi connectivity index (χ2v) is 7.42. The molecule has 0 N–H and O–H groups in total. The first kappa shape index (κ1) is 17.1. The molecule has 0 bridgehead atoms. The normalized spacial score (nSPS) is 11.2. The van der Waals surface area contributed by atoms with Gasteiger partial charge in [0.2, 0.25) is 0 Å². The quantitative estimate of drug-likeness (QED) is 0.514. The van der Waals surface area contributed by atoms with Gasteiger partial charge in [0.05, 0.1) is 0 Å². The summed E-state index contributed by atoms with van der Waals surface area (Å²) < 4.78 is 5.51. The van der Waals surface area contributed by atoms with Crippen LogP contribution in [-0.4, -0.2) is 9.13 Å². The number of rotatable bonds is 2. The molecule has 0 aliphatic carbocycles. The van der Waals surface area contributed by atoms with Crippen molar-refractivity contribution in [1.29, 1.82) is 0 Å². The molecule has 128 valence electrons. The Balaban J connectivity index is 2.19. The van der Waals surface area contributed by atoms with Gasteiger partial charge in [0.15, 0.2) is 0 Å². The molecule has 0 fully saturated rings. The number of benzene rings is 2. The second kappa shape index (κ2) is 6.32. The number of nitrogens with zero attached hydrogens (tertiary/aromatic N) is 2. The molecule has 3 aromatic rings. The third-order valence-corrected chi connectivity index (χ3v) is 5.63. The number of hydrogen-bond donors (Lipinski definition) is 0. The van der Waals surface area contributed by atoms with E-state index in [1.165, 1.54) is 44.8 Å². The summed E-state index contributed by atoms with van der Waals surface area (Å²) in [5, 5.41) is 0. The summed E-state index contributed by atoms with van der Waals surface area (Å²) in [5.74, 6) is 0. The van der Waals surface area contributed by atoms with Crippen molar-refractivity contribution in [2.75, 3.05) is 0 Å². The molecule has 0 radical (unpaired) electrons. The van der Waals surface area contributed by atoms with Crippen molar-refractivity contribution in [3.05, 3.63) is 73.9 Å². The Kier molecular flexibility index (Phi) is 4.51. The molecule has 0 unspecified atom stereocenters. The predicted molar refractivity (Wildman–Crippen MR) is 96.8 cm³/mol. The first-order chi connectivity index (χ1) is 11.3. The van der Waals surface area contributed by atoms with E-state index in [9.17, 15) is 0 Å². The van der Waals surface area contributed by atoms with Crippen LogP contribution in [0.1, 0.15) is 33.4 Å². The molecule has 2 nitrogen and oxygen atoms in total. The number of hydrogen-bond acceptors (Lipinski definition) is 0. The van der Waals surface area contributed by atoms with Gasteiger partial charge in [-0.15, -0.1) is 0 Å². The zero-order valence-corrected chi connectivity index (χ0v) is 16.7.